The van der Waals surface area contributed by atoms with Crippen molar-refractivity contribution < 1.29 is 57.8 Å². The van der Waals surface area contributed by atoms with E-state index in [0.29, 0.717) is 43.2 Å². The highest BCUT2D eigenvalue weighted by Crippen LogP contribution is 2.55. The van der Waals surface area contributed by atoms with Crippen molar-refractivity contribution >= 4 is 23.9 Å². The summed E-state index contributed by atoms with van der Waals surface area (Å²) in [5.41, 5.74) is -3.63. The summed E-state index contributed by atoms with van der Waals surface area (Å²) in [5, 5.41) is 24.1. The summed E-state index contributed by atoms with van der Waals surface area (Å²) in [5.74, 6) is -6.55. The van der Waals surface area contributed by atoms with Crippen LogP contribution in [0.4, 0.5) is 0 Å². The molecule has 0 spiro atoms. The number of unbranched alkanes of at least 4 members (excludes halogenated alkanes) is 2. The molecule has 0 aromatic heterocycles. The van der Waals surface area contributed by atoms with E-state index < -0.39 is 65.6 Å². The van der Waals surface area contributed by atoms with Gasteiger partial charge >= 0.3 is 23.9 Å². The zero-order valence-electron chi connectivity index (χ0n) is 30.5. The summed E-state index contributed by atoms with van der Waals surface area (Å²) in [4.78, 5) is 54.1. The molecular formula is C40H52O12. The fourth-order valence-electron chi connectivity index (χ4n) is 6.71. The summed E-state index contributed by atoms with van der Waals surface area (Å²) in [6, 6.07) is 18.4. The van der Waals surface area contributed by atoms with Crippen LogP contribution in [0.3, 0.4) is 0 Å². The molecule has 0 radical (unpaired) electrons. The maximum Gasteiger partial charge on any atom is 0.345 e. The normalized spacial score (nSPS) is 26.1. The van der Waals surface area contributed by atoms with E-state index in [1.165, 1.54) is 6.92 Å². The molecule has 12 nitrogen and oxygen atoms in total. The molecule has 2 N–H and O–H groups in total. The van der Waals surface area contributed by atoms with Crippen molar-refractivity contribution in [1.82, 2.24) is 0 Å². The van der Waals surface area contributed by atoms with Crippen LogP contribution in [0.1, 0.15) is 83.8 Å². The Bertz CT molecular complexity index is 1530. The predicted octanol–water partition coefficient (Wildman–Crippen LogP) is 4.91. The fourth-order valence-corrected chi connectivity index (χ4v) is 6.71. The molecule has 0 aliphatic carbocycles. The van der Waals surface area contributed by atoms with Gasteiger partial charge in [0, 0.05) is 25.7 Å². The zero-order chi connectivity index (χ0) is 37.9. The molecule has 52 heavy (non-hydrogen) atoms. The molecule has 12 heteroatoms. The number of ether oxygens (including phenoxy) is 6. The van der Waals surface area contributed by atoms with Crippen LogP contribution in [0.5, 0.6) is 0 Å². The van der Waals surface area contributed by atoms with Crippen LogP contribution in [-0.2, 0) is 60.6 Å². The van der Waals surface area contributed by atoms with Crippen LogP contribution in [0.15, 0.2) is 72.8 Å². The topological polar surface area (TPSA) is 164 Å². The Hall–Kier alpha value is -4.10. The Morgan fingerprint density at radius 2 is 1.48 bits per heavy atom. The third-order valence-corrected chi connectivity index (χ3v) is 9.60. The van der Waals surface area contributed by atoms with E-state index >= 15 is 0 Å². The van der Waals surface area contributed by atoms with Gasteiger partial charge in [-0.3, -0.25) is 4.79 Å². The summed E-state index contributed by atoms with van der Waals surface area (Å²) in [6.45, 7) is 10.7. The number of hydrogen-bond donors (Lipinski definition) is 2. The maximum atomic E-state index is 14.1. The van der Waals surface area contributed by atoms with Gasteiger partial charge in [0.2, 0.25) is 17.3 Å². The second kappa shape index (κ2) is 18.1. The minimum absolute atomic E-state index is 0.0280. The number of carbonyl (C=O) groups is 4. The van der Waals surface area contributed by atoms with E-state index in [-0.39, 0.29) is 38.6 Å². The van der Waals surface area contributed by atoms with E-state index in [9.17, 15) is 29.4 Å². The first-order chi connectivity index (χ1) is 24.8. The summed E-state index contributed by atoms with van der Waals surface area (Å²) in [7, 11) is 0. The predicted molar refractivity (Wildman–Crippen MR) is 188 cm³/mol. The summed E-state index contributed by atoms with van der Waals surface area (Å²) in [6.07, 6.45) is -2.64. The highest BCUT2D eigenvalue weighted by atomic mass is 16.8. The van der Waals surface area contributed by atoms with Crippen LogP contribution in [0.25, 0.3) is 0 Å². The first-order valence-electron chi connectivity index (χ1n) is 18.1. The maximum absolute atomic E-state index is 14.1. The number of aliphatic hydroxyl groups excluding tert-OH is 1. The van der Waals surface area contributed by atoms with Gasteiger partial charge < -0.3 is 38.6 Å². The van der Waals surface area contributed by atoms with Crippen LogP contribution in [-0.4, -0.2) is 82.6 Å². The fraction of sp³-hybridized carbons (Fsp3) is 0.550. The molecule has 0 amide bonds. The Labute approximate surface area is 305 Å². The molecule has 2 aliphatic heterocycles. The number of hydrogen-bond acceptors (Lipinski definition) is 12. The molecular weight excluding hydrogens is 672 g/mol. The van der Waals surface area contributed by atoms with Gasteiger partial charge in [-0.15, -0.1) is 0 Å². The van der Waals surface area contributed by atoms with Gasteiger partial charge in [-0.2, -0.15) is 0 Å². The first kappa shape index (κ1) is 40.7. The molecule has 2 fully saturated rings. The quantitative estimate of drug-likeness (QED) is 0.0873. The third kappa shape index (κ3) is 8.91. The van der Waals surface area contributed by atoms with Gasteiger partial charge in [-0.1, -0.05) is 101 Å². The highest BCUT2D eigenvalue weighted by Gasteiger charge is 2.81. The van der Waals surface area contributed by atoms with Crippen molar-refractivity contribution in [1.29, 1.82) is 0 Å². The van der Waals surface area contributed by atoms with Crippen molar-refractivity contribution in [3.8, 4) is 0 Å². The minimum Gasteiger partial charge on any atom is -0.463 e. The lowest BCUT2D eigenvalue weighted by Crippen LogP contribution is -2.76. The Morgan fingerprint density at radius 1 is 0.904 bits per heavy atom. The van der Waals surface area contributed by atoms with E-state index in [1.807, 2.05) is 51.1 Å². The van der Waals surface area contributed by atoms with E-state index in [2.05, 4.69) is 6.58 Å². The lowest BCUT2D eigenvalue weighted by atomic mass is 9.76. The van der Waals surface area contributed by atoms with Gasteiger partial charge in [0.25, 0.3) is 0 Å². The van der Waals surface area contributed by atoms with Crippen molar-refractivity contribution in [3.63, 3.8) is 0 Å². The van der Waals surface area contributed by atoms with Crippen LogP contribution in [0.2, 0.25) is 0 Å². The number of aliphatic hydroxyl groups is 2. The number of fused-ring (bicyclic) bond motifs is 2. The van der Waals surface area contributed by atoms with Gasteiger partial charge in [-0.05, 0) is 42.4 Å². The molecule has 2 bridgehead atoms. The molecule has 284 valence electrons. The average Bonchev–Trinajstić information content (AvgIpc) is 3.40. The van der Waals surface area contributed by atoms with Crippen molar-refractivity contribution in [2.24, 2.45) is 5.92 Å². The monoisotopic (exact) mass is 724 g/mol. The Kier molecular flexibility index (Phi) is 14.1. The third-order valence-electron chi connectivity index (χ3n) is 9.60. The summed E-state index contributed by atoms with van der Waals surface area (Å²) < 4.78 is 34.7. The molecule has 2 heterocycles. The number of benzene rings is 2. The summed E-state index contributed by atoms with van der Waals surface area (Å²) >= 11 is 0. The Balaban J connectivity index is 1.70. The van der Waals surface area contributed by atoms with Crippen molar-refractivity contribution in [2.75, 3.05) is 13.2 Å². The molecule has 2 aromatic carbocycles. The molecule has 0 saturated carbocycles. The van der Waals surface area contributed by atoms with Crippen LogP contribution < -0.4 is 0 Å². The van der Waals surface area contributed by atoms with Gasteiger partial charge in [0.15, 0.2) is 5.79 Å². The van der Waals surface area contributed by atoms with E-state index in [0.717, 1.165) is 5.56 Å². The largest absolute Gasteiger partial charge is 0.463 e. The van der Waals surface area contributed by atoms with Crippen LogP contribution in [0, 0.1) is 5.92 Å². The highest BCUT2D eigenvalue weighted by molar-refractivity contribution is 5.98. The smallest absolute Gasteiger partial charge is 0.345 e. The second-order valence-corrected chi connectivity index (χ2v) is 13.7. The molecule has 6 unspecified atom stereocenters. The van der Waals surface area contributed by atoms with E-state index in [4.69, 9.17) is 28.4 Å². The Morgan fingerprint density at radius 3 is 2.06 bits per heavy atom. The minimum atomic E-state index is -3.11. The molecule has 2 saturated heterocycles. The standard InChI is InChI=1S/C40H52O12/c1-6-8-22-47-36(44)38-25-32(42)39(52-38,21-20-27(3)33(50-29(5)41)28(4)24-30-16-12-10-13-17-30)51-34(40(38,46)37(45)48-23-9-7-2)35(43)49-26-31-18-14-11-15-19-31/h10-19,28,32-34,42,46H,3,6-9,20-26H2,1-2,4-5H3/t28?,32-,33?,34?,38?,39?,40?/m1/s1. The average molecular weight is 725 g/mol. The molecule has 4 rings (SSSR count). The SMILES string of the molecule is C=C(CCC12OC(C(=O)OCc3ccccc3)C(O)(C(=O)OCCCC)C(C(=O)OCCCC)(C[C@H]1O)O2)C(OC(C)=O)C(C)Cc1ccccc1. The van der Waals surface area contributed by atoms with Gasteiger partial charge in [-0.25, -0.2) is 14.4 Å². The number of esters is 4. The molecule has 7 atom stereocenters. The van der Waals surface area contributed by atoms with Crippen molar-refractivity contribution in [2.45, 2.75) is 121 Å². The molecule has 2 aromatic rings. The lowest BCUT2D eigenvalue weighted by Gasteiger charge is -2.50. The van der Waals surface area contributed by atoms with Crippen molar-refractivity contribution in [3.05, 3.63) is 83.9 Å². The second-order valence-electron chi connectivity index (χ2n) is 13.7. The number of carbonyl (C=O) groups excluding carboxylic acids is 4. The van der Waals surface area contributed by atoms with Gasteiger partial charge in [0.1, 0.15) is 18.8 Å². The van der Waals surface area contributed by atoms with Crippen LogP contribution >= 0.6 is 0 Å². The first-order valence-corrected chi connectivity index (χ1v) is 18.1. The zero-order valence-corrected chi connectivity index (χ0v) is 30.5. The molecule has 2 aliphatic rings. The number of rotatable bonds is 19. The van der Waals surface area contributed by atoms with Gasteiger partial charge in [0.05, 0.1) is 13.2 Å². The van der Waals surface area contributed by atoms with E-state index in [1.54, 1.807) is 30.3 Å². The lowest BCUT2D eigenvalue weighted by molar-refractivity contribution is -0.374.